The van der Waals surface area contributed by atoms with E-state index in [9.17, 15) is 4.79 Å². The third kappa shape index (κ3) is 5.33. The molecule has 1 atom stereocenters. The topological polar surface area (TPSA) is 20.3 Å². The van der Waals surface area contributed by atoms with Gasteiger partial charge in [-0.25, -0.2) is 0 Å². The van der Waals surface area contributed by atoms with Crippen molar-refractivity contribution in [3.8, 4) is 0 Å². The molecule has 1 saturated heterocycles. The van der Waals surface area contributed by atoms with Crippen LogP contribution in [0.1, 0.15) is 75.7 Å². The fourth-order valence-corrected chi connectivity index (χ4v) is 2.21. The van der Waals surface area contributed by atoms with E-state index in [1.807, 2.05) is 32.6 Å². The Kier molecular flexibility index (Phi) is 9.60. The maximum atomic E-state index is 12.1. The van der Waals surface area contributed by atoms with Crippen LogP contribution in [-0.2, 0) is 4.79 Å². The molecule has 0 bridgehead atoms. The molecular weight excluding hydrogens is 258 g/mol. The zero-order chi connectivity index (χ0) is 17.4. The third-order valence-electron chi connectivity index (χ3n) is 4.18. The Morgan fingerprint density at radius 1 is 1.14 bits per heavy atom. The van der Waals surface area contributed by atoms with Crippen LogP contribution >= 0.6 is 0 Å². The van der Waals surface area contributed by atoms with Crippen molar-refractivity contribution in [3.05, 3.63) is 24.4 Å². The second kappa shape index (κ2) is 9.07. The fraction of sp³-hybridized carbons (Fsp3) is 0.737. The Morgan fingerprint density at radius 2 is 1.52 bits per heavy atom. The molecule has 124 valence electrons. The van der Waals surface area contributed by atoms with Crippen LogP contribution < -0.4 is 0 Å². The first kappa shape index (κ1) is 22.2. The van der Waals surface area contributed by atoms with Gasteiger partial charge in [0, 0.05) is 23.6 Å². The molecule has 0 aromatic heterocycles. The molecule has 1 amide bonds. The second-order valence-electron chi connectivity index (χ2n) is 6.77. The van der Waals surface area contributed by atoms with Crippen LogP contribution in [0.3, 0.4) is 0 Å². The molecule has 0 saturated carbocycles. The summed E-state index contributed by atoms with van der Waals surface area (Å²) in [5.41, 5.74) is 1.11. The molecule has 1 unspecified atom stereocenters. The summed E-state index contributed by atoms with van der Waals surface area (Å²) in [7, 11) is 0. The molecule has 0 aromatic carbocycles. The summed E-state index contributed by atoms with van der Waals surface area (Å²) in [6, 6.07) is 0. The largest absolute Gasteiger partial charge is 0.310 e. The summed E-state index contributed by atoms with van der Waals surface area (Å²) in [6.45, 7) is 24.3. The fourth-order valence-electron chi connectivity index (χ4n) is 2.21. The number of carbonyl (C=O) groups excluding carboxylic acids is 1. The van der Waals surface area contributed by atoms with E-state index in [0.29, 0.717) is 12.3 Å². The smallest absolute Gasteiger partial charge is 0.227 e. The maximum absolute atomic E-state index is 12.1. The lowest BCUT2D eigenvalue weighted by molar-refractivity contribution is -0.134. The molecule has 1 heterocycles. The Morgan fingerprint density at radius 3 is 1.81 bits per heavy atom. The van der Waals surface area contributed by atoms with Crippen molar-refractivity contribution in [1.29, 1.82) is 0 Å². The van der Waals surface area contributed by atoms with Crippen LogP contribution in [0.15, 0.2) is 24.4 Å². The van der Waals surface area contributed by atoms with Crippen molar-refractivity contribution >= 4 is 5.91 Å². The van der Waals surface area contributed by atoms with Gasteiger partial charge in [0.05, 0.1) is 0 Å². The first-order valence-electron chi connectivity index (χ1n) is 8.10. The van der Waals surface area contributed by atoms with E-state index in [0.717, 1.165) is 0 Å². The highest BCUT2D eigenvalue weighted by Gasteiger charge is 2.46. The van der Waals surface area contributed by atoms with Crippen LogP contribution in [0.25, 0.3) is 0 Å². The molecule has 2 nitrogen and oxygen atoms in total. The Labute approximate surface area is 133 Å². The van der Waals surface area contributed by atoms with E-state index in [4.69, 9.17) is 0 Å². The zero-order valence-corrected chi connectivity index (χ0v) is 16.0. The molecule has 0 aromatic rings. The van der Waals surface area contributed by atoms with Gasteiger partial charge in [0.1, 0.15) is 0 Å². The van der Waals surface area contributed by atoms with Crippen LogP contribution in [0.4, 0.5) is 0 Å². The number of rotatable bonds is 1. The van der Waals surface area contributed by atoms with Crippen LogP contribution in [0.5, 0.6) is 0 Å². The summed E-state index contributed by atoms with van der Waals surface area (Å²) in [6.07, 6.45) is 4.49. The number of hydrogen-bond donors (Lipinski definition) is 0. The number of nitrogens with zero attached hydrogens (tertiary/aromatic N) is 1. The quantitative estimate of drug-likeness (QED) is 0.560. The van der Waals surface area contributed by atoms with Gasteiger partial charge in [-0.05, 0) is 33.1 Å². The van der Waals surface area contributed by atoms with Gasteiger partial charge in [0.2, 0.25) is 5.91 Å². The second-order valence-corrected chi connectivity index (χ2v) is 6.77. The molecule has 0 aliphatic carbocycles. The lowest BCUT2D eigenvalue weighted by Crippen LogP contribution is -2.52. The van der Waals surface area contributed by atoms with Gasteiger partial charge in [0.25, 0.3) is 0 Å². The van der Waals surface area contributed by atoms with Crippen molar-refractivity contribution < 1.29 is 4.79 Å². The number of allylic oxidation sites excluding steroid dienone is 3. The molecule has 1 aliphatic rings. The highest BCUT2D eigenvalue weighted by molar-refractivity contribution is 5.83. The average molecular weight is 296 g/mol. The summed E-state index contributed by atoms with van der Waals surface area (Å²) in [5, 5.41) is 0. The lowest BCUT2D eigenvalue weighted by atomic mass is 9.75. The van der Waals surface area contributed by atoms with E-state index in [1.54, 1.807) is 6.08 Å². The number of carbonyl (C=O) groups is 1. The number of likely N-dealkylation sites (tertiary alicyclic amines) is 1. The van der Waals surface area contributed by atoms with Crippen LogP contribution in [0, 0.1) is 11.3 Å². The lowest BCUT2D eigenvalue weighted by Gasteiger charge is -2.46. The van der Waals surface area contributed by atoms with Crippen molar-refractivity contribution in [1.82, 2.24) is 4.90 Å². The van der Waals surface area contributed by atoms with Crippen molar-refractivity contribution in [2.75, 3.05) is 0 Å². The summed E-state index contributed by atoms with van der Waals surface area (Å²) in [5.74, 6) is 0.625. The normalized spacial score (nSPS) is 20.5. The SMILES string of the molecule is C/C=C1/C(C)CC(=O)N1C(C)(C)C(C)(C)C.C=CC.CC. The minimum Gasteiger partial charge on any atom is -0.310 e. The number of amides is 1. The van der Waals surface area contributed by atoms with Crippen LogP contribution in [0.2, 0.25) is 0 Å². The van der Waals surface area contributed by atoms with Gasteiger partial charge < -0.3 is 4.90 Å². The standard InChI is InChI=1S/C14H25NO.C3H6.C2H6/c1-8-11-10(2)9-12(16)15(11)14(6,7)13(3,4)5;1-3-2;1-2/h8,10H,9H2,1-7H3;3H,1H2,2H3;1-2H3/b11-8-;;. The van der Waals surface area contributed by atoms with Gasteiger partial charge >= 0.3 is 0 Å². The minimum atomic E-state index is -0.142. The maximum Gasteiger partial charge on any atom is 0.227 e. The summed E-state index contributed by atoms with van der Waals surface area (Å²) < 4.78 is 0. The molecule has 2 heteroatoms. The Balaban J connectivity index is 0. The number of hydrogen-bond acceptors (Lipinski definition) is 1. The molecule has 1 rings (SSSR count). The summed E-state index contributed by atoms with van der Waals surface area (Å²) in [4.78, 5) is 14.1. The van der Waals surface area contributed by atoms with E-state index >= 15 is 0 Å². The van der Waals surface area contributed by atoms with Crippen molar-refractivity contribution in [3.63, 3.8) is 0 Å². The molecule has 1 fully saturated rings. The highest BCUT2D eigenvalue weighted by atomic mass is 16.2. The monoisotopic (exact) mass is 295 g/mol. The Bertz CT molecular complexity index is 358. The molecule has 0 N–H and O–H groups in total. The van der Waals surface area contributed by atoms with E-state index in [2.05, 4.69) is 54.2 Å². The first-order chi connectivity index (χ1) is 9.54. The average Bonchev–Trinajstić information content (AvgIpc) is 2.66. The van der Waals surface area contributed by atoms with Crippen molar-refractivity contribution in [2.24, 2.45) is 11.3 Å². The molecule has 21 heavy (non-hydrogen) atoms. The molecule has 0 spiro atoms. The van der Waals surface area contributed by atoms with Crippen LogP contribution in [-0.4, -0.2) is 16.3 Å². The zero-order valence-electron chi connectivity index (χ0n) is 16.0. The van der Waals surface area contributed by atoms with Gasteiger partial charge in [-0.15, -0.1) is 6.58 Å². The highest BCUT2D eigenvalue weighted by Crippen LogP contribution is 2.43. The first-order valence-corrected chi connectivity index (χ1v) is 8.10. The van der Waals surface area contributed by atoms with Gasteiger partial charge in [-0.1, -0.05) is 53.7 Å². The predicted molar refractivity (Wildman–Crippen MR) is 95.1 cm³/mol. The Hall–Kier alpha value is -1.05. The van der Waals surface area contributed by atoms with Gasteiger partial charge in [0.15, 0.2) is 0 Å². The predicted octanol–water partition coefficient (Wildman–Crippen LogP) is 5.80. The van der Waals surface area contributed by atoms with E-state index < -0.39 is 0 Å². The van der Waals surface area contributed by atoms with E-state index in [1.165, 1.54) is 5.70 Å². The van der Waals surface area contributed by atoms with Crippen molar-refractivity contribution in [2.45, 2.75) is 81.2 Å². The third-order valence-corrected chi connectivity index (χ3v) is 4.18. The van der Waals surface area contributed by atoms with E-state index in [-0.39, 0.29) is 16.9 Å². The van der Waals surface area contributed by atoms with Gasteiger partial charge in [-0.2, -0.15) is 0 Å². The van der Waals surface area contributed by atoms with Gasteiger partial charge in [-0.3, -0.25) is 4.79 Å². The molecular formula is C19H37NO. The molecule has 0 radical (unpaired) electrons. The molecule has 1 aliphatic heterocycles. The summed E-state index contributed by atoms with van der Waals surface area (Å²) >= 11 is 0. The minimum absolute atomic E-state index is 0.0704.